The van der Waals surface area contributed by atoms with Crippen LogP contribution in [-0.2, 0) is 19.6 Å². The Bertz CT molecular complexity index is 653. The van der Waals surface area contributed by atoms with Gasteiger partial charge in [0.15, 0.2) is 5.82 Å². The highest BCUT2D eigenvalue weighted by Crippen LogP contribution is 2.12. The maximum atomic E-state index is 5.08. The van der Waals surface area contributed by atoms with Crippen molar-refractivity contribution in [3.63, 3.8) is 0 Å². The van der Waals surface area contributed by atoms with Crippen LogP contribution < -0.4 is 0 Å². The Morgan fingerprint density at radius 2 is 1.36 bits per heavy atom. The summed E-state index contributed by atoms with van der Waals surface area (Å²) in [5.41, 5.74) is 2.55. The summed E-state index contributed by atoms with van der Waals surface area (Å²) < 4.78 is 5.08. The lowest BCUT2D eigenvalue weighted by Gasteiger charge is -2.21. The molecule has 1 aromatic heterocycles. The molecule has 1 heterocycles. The van der Waals surface area contributed by atoms with Crippen LogP contribution in [0.5, 0.6) is 0 Å². The Hall–Kier alpha value is -2.46. The Labute approximate surface area is 130 Å². The first kappa shape index (κ1) is 14.5. The van der Waals surface area contributed by atoms with E-state index < -0.39 is 0 Å². The van der Waals surface area contributed by atoms with Crippen LogP contribution >= 0.6 is 0 Å². The molecule has 4 heteroatoms. The van der Waals surface area contributed by atoms with E-state index in [-0.39, 0.29) is 0 Å². The minimum absolute atomic E-state index is 0.606. The smallest absolute Gasteiger partial charge is 0.223 e. The summed E-state index contributed by atoms with van der Waals surface area (Å²) in [4.78, 5) is 6.63. The van der Waals surface area contributed by atoms with E-state index in [2.05, 4.69) is 63.6 Å². The third kappa shape index (κ3) is 4.02. The second-order valence-corrected chi connectivity index (χ2v) is 5.35. The maximum absolute atomic E-state index is 5.08. The van der Waals surface area contributed by atoms with Gasteiger partial charge < -0.3 is 4.52 Å². The predicted octanol–water partition coefficient (Wildman–Crippen LogP) is 3.58. The van der Waals surface area contributed by atoms with Crippen molar-refractivity contribution in [3.8, 4) is 0 Å². The van der Waals surface area contributed by atoms with Crippen molar-refractivity contribution in [3.05, 3.63) is 83.5 Å². The number of benzene rings is 2. The summed E-state index contributed by atoms with van der Waals surface area (Å²) >= 11 is 0. The van der Waals surface area contributed by atoms with Gasteiger partial charge in [0.05, 0.1) is 6.54 Å². The van der Waals surface area contributed by atoms with Gasteiger partial charge in [-0.2, -0.15) is 4.98 Å². The van der Waals surface area contributed by atoms with Crippen LogP contribution in [-0.4, -0.2) is 15.0 Å². The SMILES string of the molecule is Cc1nc(CN(Cc2ccccc2)Cc2ccccc2)no1. The van der Waals surface area contributed by atoms with E-state index in [1.165, 1.54) is 11.1 Å². The average molecular weight is 293 g/mol. The number of aromatic nitrogens is 2. The molecule has 3 aromatic rings. The van der Waals surface area contributed by atoms with E-state index >= 15 is 0 Å². The van der Waals surface area contributed by atoms with E-state index in [0.717, 1.165) is 18.9 Å². The quantitative estimate of drug-likeness (QED) is 0.696. The zero-order chi connectivity index (χ0) is 15.2. The number of nitrogens with zero attached hydrogens (tertiary/aromatic N) is 3. The van der Waals surface area contributed by atoms with E-state index in [9.17, 15) is 0 Å². The second kappa shape index (κ2) is 7.00. The van der Waals surface area contributed by atoms with Crippen molar-refractivity contribution in [2.45, 2.75) is 26.6 Å². The Balaban J connectivity index is 1.75. The Morgan fingerprint density at radius 1 is 0.818 bits per heavy atom. The van der Waals surface area contributed by atoms with Gasteiger partial charge in [-0.15, -0.1) is 0 Å². The largest absolute Gasteiger partial charge is 0.340 e. The lowest BCUT2D eigenvalue weighted by Crippen LogP contribution is -2.23. The molecule has 0 fully saturated rings. The van der Waals surface area contributed by atoms with E-state index in [1.807, 2.05) is 19.1 Å². The Kier molecular flexibility index (Phi) is 4.61. The lowest BCUT2D eigenvalue weighted by molar-refractivity contribution is 0.237. The van der Waals surface area contributed by atoms with Crippen molar-refractivity contribution in [2.24, 2.45) is 0 Å². The molecular formula is C18H19N3O. The first-order valence-electron chi connectivity index (χ1n) is 7.39. The van der Waals surface area contributed by atoms with Gasteiger partial charge in [-0.3, -0.25) is 4.90 Å². The zero-order valence-corrected chi connectivity index (χ0v) is 12.6. The molecule has 0 saturated heterocycles. The molecular weight excluding hydrogens is 274 g/mol. The van der Waals surface area contributed by atoms with Gasteiger partial charge in [0.1, 0.15) is 0 Å². The first-order chi connectivity index (χ1) is 10.8. The van der Waals surface area contributed by atoms with Gasteiger partial charge in [0.25, 0.3) is 0 Å². The minimum atomic E-state index is 0.606. The third-order valence-corrected chi connectivity index (χ3v) is 3.43. The summed E-state index contributed by atoms with van der Waals surface area (Å²) in [6.45, 7) is 4.18. The van der Waals surface area contributed by atoms with Gasteiger partial charge in [0, 0.05) is 20.0 Å². The van der Waals surface area contributed by atoms with Gasteiger partial charge in [-0.1, -0.05) is 65.8 Å². The molecule has 0 radical (unpaired) electrons. The molecule has 112 valence electrons. The van der Waals surface area contributed by atoms with Crippen molar-refractivity contribution in [2.75, 3.05) is 0 Å². The highest BCUT2D eigenvalue weighted by Gasteiger charge is 2.12. The van der Waals surface area contributed by atoms with E-state index in [0.29, 0.717) is 12.4 Å². The van der Waals surface area contributed by atoms with Crippen LogP contribution in [0.3, 0.4) is 0 Å². The zero-order valence-electron chi connectivity index (χ0n) is 12.6. The maximum Gasteiger partial charge on any atom is 0.223 e. The molecule has 3 rings (SSSR count). The molecule has 0 bridgehead atoms. The second-order valence-electron chi connectivity index (χ2n) is 5.35. The number of hydrogen-bond donors (Lipinski definition) is 0. The summed E-state index contributed by atoms with van der Waals surface area (Å²) in [5, 5.41) is 4.01. The molecule has 0 spiro atoms. The van der Waals surface area contributed by atoms with Crippen LogP contribution in [0.25, 0.3) is 0 Å². The van der Waals surface area contributed by atoms with Gasteiger partial charge in [-0.05, 0) is 11.1 Å². The fraction of sp³-hybridized carbons (Fsp3) is 0.222. The molecule has 0 aliphatic heterocycles. The molecule has 2 aromatic carbocycles. The molecule has 0 unspecified atom stereocenters. The topological polar surface area (TPSA) is 42.2 Å². The first-order valence-corrected chi connectivity index (χ1v) is 7.39. The minimum Gasteiger partial charge on any atom is -0.340 e. The Morgan fingerprint density at radius 3 is 1.82 bits per heavy atom. The molecule has 0 N–H and O–H groups in total. The average Bonchev–Trinajstić information content (AvgIpc) is 2.94. The normalized spacial score (nSPS) is 11.0. The molecule has 22 heavy (non-hydrogen) atoms. The van der Waals surface area contributed by atoms with Crippen molar-refractivity contribution in [1.82, 2.24) is 15.0 Å². The van der Waals surface area contributed by atoms with Gasteiger partial charge >= 0.3 is 0 Å². The molecule has 0 atom stereocenters. The molecule has 0 aliphatic carbocycles. The van der Waals surface area contributed by atoms with E-state index in [4.69, 9.17) is 4.52 Å². The van der Waals surface area contributed by atoms with Crippen LogP contribution in [0.1, 0.15) is 22.8 Å². The fourth-order valence-corrected chi connectivity index (χ4v) is 2.46. The standard InChI is InChI=1S/C18H19N3O/c1-15-19-18(20-22-15)14-21(12-16-8-4-2-5-9-16)13-17-10-6-3-7-11-17/h2-11H,12-14H2,1H3. The van der Waals surface area contributed by atoms with Crippen LogP contribution in [0.15, 0.2) is 65.2 Å². The number of hydrogen-bond acceptors (Lipinski definition) is 4. The summed E-state index contributed by atoms with van der Waals surface area (Å²) in [7, 11) is 0. The highest BCUT2D eigenvalue weighted by atomic mass is 16.5. The number of rotatable bonds is 6. The summed E-state index contributed by atoms with van der Waals surface area (Å²) in [6.07, 6.45) is 0. The van der Waals surface area contributed by atoms with E-state index in [1.54, 1.807) is 0 Å². The predicted molar refractivity (Wildman–Crippen MR) is 84.9 cm³/mol. The fourth-order valence-electron chi connectivity index (χ4n) is 2.46. The van der Waals surface area contributed by atoms with Crippen molar-refractivity contribution >= 4 is 0 Å². The molecule has 0 aliphatic rings. The third-order valence-electron chi connectivity index (χ3n) is 3.43. The van der Waals surface area contributed by atoms with Crippen LogP contribution in [0.4, 0.5) is 0 Å². The molecule has 0 saturated carbocycles. The monoisotopic (exact) mass is 293 g/mol. The molecule has 0 amide bonds. The van der Waals surface area contributed by atoms with Crippen molar-refractivity contribution < 1.29 is 4.52 Å². The summed E-state index contributed by atoms with van der Waals surface area (Å²) in [5.74, 6) is 1.33. The lowest BCUT2D eigenvalue weighted by atomic mass is 10.1. The van der Waals surface area contributed by atoms with Crippen LogP contribution in [0.2, 0.25) is 0 Å². The summed E-state index contributed by atoms with van der Waals surface area (Å²) in [6, 6.07) is 20.9. The van der Waals surface area contributed by atoms with Crippen LogP contribution in [0, 0.1) is 6.92 Å². The highest BCUT2D eigenvalue weighted by molar-refractivity contribution is 5.17. The molecule has 4 nitrogen and oxygen atoms in total. The number of aryl methyl sites for hydroxylation is 1. The van der Waals surface area contributed by atoms with Gasteiger partial charge in [-0.25, -0.2) is 0 Å². The van der Waals surface area contributed by atoms with Gasteiger partial charge in [0.2, 0.25) is 5.89 Å². The van der Waals surface area contributed by atoms with Crippen molar-refractivity contribution in [1.29, 1.82) is 0 Å².